The van der Waals surface area contributed by atoms with E-state index in [9.17, 15) is 0 Å². The lowest BCUT2D eigenvalue weighted by atomic mass is 9.96. The fourth-order valence-corrected chi connectivity index (χ4v) is 1.89. The normalized spacial score (nSPS) is 12.8. The van der Waals surface area contributed by atoms with Crippen molar-refractivity contribution in [1.82, 2.24) is 0 Å². The van der Waals surface area contributed by atoms with Crippen molar-refractivity contribution >= 4 is 15.9 Å². The topological polar surface area (TPSA) is 0 Å². The highest BCUT2D eigenvalue weighted by Crippen LogP contribution is 2.20. The first-order valence-corrected chi connectivity index (χ1v) is 6.07. The van der Waals surface area contributed by atoms with Gasteiger partial charge in [-0.3, -0.25) is 0 Å². The molecule has 0 fully saturated rings. The number of hydrogen-bond acceptors (Lipinski definition) is 0. The van der Waals surface area contributed by atoms with Gasteiger partial charge in [0.1, 0.15) is 0 Å². The Labute approximate surface area is 89.5 Å². The van der Waals surface area contributed by atoms with Gasteiger partial charge < -0.3 is 0 Å². The Hall–Kier alpha value is -0.300. The zero-order chi connectivity index (χ0) is 9.52. The van der Waals surface area contributed by atoms with Crippen molar-refractivity contribution in [2.45, 2.75) is 32.1 Å². The van der Waals surface area contributed by atoms with Crippen molar-refractivity contribution < 1.29 is 0 Å². The van der Waals surface area contributed by atoms with Crippen LogP contribution in [-0.2, 0) is 0 Å². The molecule has 0 spiro atoms. The Morgan fingerprint density at radius 2 is 1.85 bits per heavy atom. The second-order valence-electron chi connectivity index (χ2n) is 3.50. The minimum Gasteiger partial charge on any atom is -0.0928 e. The molecule has 1 atom stereocenters. The monoisotopic (exact) mass is 240 g/mol. The van der Waals surface area contributed by atoms with E-state index in [1.807, 2.05) is 0 Å². The van der Waals surface area contributed by atoms with Gasteiger partial charge in [0.2, 0.25) is 0 Å². The maximum atomic E-state index is 3.46. The third-order valence-electron chi connectivity index (χ3n) is 2.39. The van der Waals surface area contributed by atoms with E-state index >= 15 is 0 Å². The second kappa shape index (κ2) is 6.20. The summed E-state index contributed by atoms with van der Waals surface area (Å²) in [7, 11) is 0. The van der Waals surface area contributed by atoms with Crippen LogP contribution in [-0.4, -0.2) is 5.33 Å². The minimum atomic E-state index is 0.709. The van der Waals surface area contributed by atoms with E-state index in [-0.39, 0.29) is 0 Å². The molecule has 0 saturated heterocycles. The first-order chi connectivity index (χ1) is 6.34. The van der Waals surface area contributed by atoms with Crippen molar-refractivity contribution in [2.24, 2.45) is 0 Å². The average Bonchev–Trinajstić information content (AvgIpc) is 2.19. The van der Waals surface area contributed by atoms with Crippen molar-refractivity contribution in [3.8, 4) is 0 Å². The summed E-state index contributed by atoms with van der Waals surface area (Å²) in [5, 5.41) is 1.13. The van der Waals surface area contributed by atoms with Gasteiger partial charge in [-0.25, -0.2) is 0 Å². The van der Waals surface area contributed by atoms with Crippen LogP contribution in [0.3, 0.4) is 0 Å². The van der Waals surface area contributed by atoms with Gasteiger partial charge >= 0.3 is 0 Å². The molecule has 1 heteroatoms. The first kappa shape index (κ1) is 10.8. The van der Waals surface area contributed by atoms with E-state index in [2.05, 4.69) is 53.2 Å². The number of unbranched alkanes of at least 4 members (excludes halogenated alkanes) is 1. The molecule has 1 aromatic carbocycles. The molecule has 0 aliphatic carbocycles. The summed E-state index contributed by atoms with van der Waals surface area (Å²) in [6, 6.07) is 10.8. The maximum absolute atomic E-state index is 3.46. The van der Waals surface area contributed by atoms with Gasteiger partial charge in [-0.15, -0.1) is 0 Å². The molecule has 0 radical (unpaired) electrons. The fourth-order valence-electron chi connectivity index (χ4n) is 1.49. The highest BCUT2D eigenvalue weighted by molar-refractivity contribution is 9.09. The Kier molecular flexibility index (Phi) is 5.14. The predicted octanol–water partition coefficient (Wildman–Crippen LogP) is 4.36. The fraction of sp³-hybridized carbons (Fsp3) is 0.500. The molecule has 0 nitrogen and oxygen atoms in total. The van der Waals surface area contributed by atoms with E-state index in [1.54, 1.807) is 0 Å². The number of alkyl halides is 1. The summed E-state index contributed by atoms with van der Waals surface area (Å²) >= 11 is 3.46. The molecule has 1 rings (SSSR count). The van der Waals surface area contributed by atoms with Gasteiger partial charge in [0.15, 0.2) is 0 Å². The summed E-state index contributed by atoms with van der Waals surface area (Å²) in [4.78, 5) is 0. The van der Waals surface area contributed by atoms with E-state index in [0.29, 0.717) is 5.92 Å². The second-order valence-corrected chi connectivity index (χ2v) is 4.29. The van der Waals surface area contributed by atoms with Gasteiger partial charge in [-0.1, -0.05) is 59.6 Å². The third-order valence-corrected chi connectivity index (χ3v) is 2.95. The van der Waals surface area contributed by atoms with Gasteiger partial charge in [0, 0.05) is 5.33 Å². The molecule has 1 aromatic rings. The van der Waals surface area contributed by atoms with E-state index < -0.39 is 0 Å². The summed E-state index contributed by atoms with van der Waals surface area (Å²) < 4.78 is 0. The highest BCUT2D eigenvalue weighted by Gasteiger charge is 2.03. The molecule has 13 heavy (non-hydrogen) atoms. The molecule has 72 valence electrons. The zero-order valence-corrected chi connectivity index (χ0v) is 9.76. The SMILES string of the molecule is CC(CCCCBr)c1ccccc1. The molecular formula is C12H17Br. The van der Waals surface area contributed by atoms with E-state index in [1.165, 1.54) is 24.8 Å². The average molecular weight is 241 g/mol. The molecule has 0 aromatic heterocycles. The van der Waals surface area contributed by atoms with Crippen LogP contribution in [0.25, 0.3) is 0 Å². The quantitative estimate of drug-likeness (QED) is 0.531. The Morgan fingerprint density at radius 3 is 2.46 bits per heavy atom. The summed E-state index contributed by atoms with van der Waals surface area (Å²) in [5.74, 6) is 0.709. The van der Waals surface area contributed by atoms with E-state index in [4.69, 9.17) is 0 Å². The molecule has 0 aliphatic rings. The van der Waals surface area contributed by atoms with Gasteiger partial charge in [-0.05, 0) is 24.3 Å². The van der Waals surface area contributed by atoms with Gasteiger partial charge in [0.25, 0.3) is 0 Å². The summed E-state index contributed by atoms with van der Waals surface area (Å²) in [6.07, 6.45) is 3.91. The maximum Gasteiger partial charge on any atom is 0.00313 e. The minimum absolute atomic E-state index is 0.709. The van der Waals surface area contributed by atoms with Crippen LogP contribution in [0.4, 0.5) is 0 Å². The number of halogens is 1. The van der Waals surface area contributed by atoms with Crippen molar-refractivity contribution in [3.63, 3.8) is 0 Å². The number of benzene rings is 1. The van der Waals surface area contributed by atoms with Crippen LogP contribution >= 0.6 is 15.9 Å². The van der Waals surface area contributed by atoms with Gasteiger partial charge in [0.05, 0.1) is 0 Å². The molecule has 0 saturated carbocycles. The molecule has 0 N–H and O–H groups in total. The number of rotatable bonds is 5. The lowest BCUT2D eigenvalue weighted by Gasteiger charge is -2.10. The molecule has 0 heterocycles. The zero-order valence-electron chi connectivity index (χ0n) is 8.17. The van der Waals surface area contributed by atoms with Gasteiger partial charge in [-0.2, -0.15) is 0 Å². The predicted molar refractivity (Wildman–Crippen MR) is 62.5 cm³/mol. The van der Waals surface area contributed by atoms with Crippen LogP contribution in [0.5, 0.6) is 0 Å². The van der Waals surface area contributed by atoms with Crippen molar-refractivity contribution in [2.75, 3.05) is 5.33 Å². The highest BCUT2D eigenvalue weighted by atomic mass is 79.9. The summed E-state index contributed by atoms with van der Waals surface area (Å²) in [6.45, 7) is 2.31. The van der Waals surface area contributed by atoms with Crippen LogP contribution < -0.4 is 0 Å². The Morgan fingerprint density at radius 1 is 1.15 bits per heavy atom. The van der Waals surface area contributed by atoms with Crippen LogP contribution in [0.1, 0.15) is 37.7 Å². The third kappa shape index (κ3) is 3.95. The van der Waals surface area contributed by atoms with Crippen LogP contribution in [0.2, 0.25) is 0 Å². The Balaban J connectivity index is 2.35. The largest absolute Gasteiger partial charge is 0.0928 e. The lowest BCUT2D eigenvalue weighted by Crippen LogP contribution is -1.93. The molecule has 0 amide bonds. The summed E-state index contributed by atoms with van der Waals surface area (Å²) in [5.41, 5.74) is 1.47. The molecule has 0 aliphatic heterocycles. The van der Waals surface area contributed by atoms with Crippen LogP contribution in [0.15, 0.2) is 30.3 Å². The van der Waals surface area contributed by atoms with E-state index in [0.717, 1.165) is 5.33 Å². The smallest absolute Gasteiger partial charge is 0.00313 e. The Bertz CT molecular complexity index is 218. The first-order valence-electron chi connectivity index (χ1n) is 4.95. The van der Waals surface area contributed by atoms with Crippen molar-refractivity contribution in [1.29, 1.82) is 0 Å². The van der Waals surface area contributed by atoms with Crippen molar-refractivity contribution in [3.05, 3.63) is 35.9 Å². The van der Waals surface area contributed by atoms with Crippen LogP contribution in [0, 0.1) is 0 Å². The number of hydrogen-bond donors (Lipinski definition) is 0. The standard InChI is InChI=1S/C12H17Br/c1-11(7-5-6-10-13)12-8-3-2-4-9-12/h2-4,8-9,11H,5-7,10H2,1H3. The molecule has 1 unspecified atom stereocenters. The molecule has 0 bridgehead atoms. The molecular weight excluding hydrogens is 224 g/mol. The lowest BCUT2D eigenvalue weighted by molar-refractivity contribution is 0.628.